The number of carbonyl (C=O) groups is 2. The monoisotopic (exact) mass is 320 g/mol. The maximum Gasteiger partial charge on any atom is 0.254 e. The maximum absolute atomic E-state index is 12.1. The lowest BCUT2D eigenvalue weighted by Crippen LogP contribution is -2.31. The lowest BCUT2D eigenvalue weighted by molar-refractivity contribution is -0.120. The van der Waals surface area contributed by atoms with Crippen molar-refractivity contribution in [3.63, 3.8) is 0 Å². The van der Waals surface area contributed by atoms with Crippen LogP contribution in [0.2, 0.25) is 0 Å². The number of benzene rings is 2. The minimum absolute atomic E-state index is 0.143. The molecule has 0 aliphatic rings. The number of carbonyl (C=O) groups excluding carboxylic acids is 2. The van der Waals surface area contributed by atoms with Crippen LogP contribution in [0.15, 0.2) is 65.8 Å². The minimum Gasteiger partial charge on any atom is -0.346 e. The zero-order valence-corrected chi connectivity index (χ0v) is 12.9. The Labute approximate surface area is 139 Å². The SMILES string of the molecule is N#CCC(=O)N/N=C(/CNC(=O)c1ccccc1)c1ccccc1. The molecular formula is C18H16N4O2. The normalized spacial score (nSPS) is 10.5. The second-order valence-electron chi connectivity index (χ2n) is 4.84. The summed E-state index contributed by atoms with van der Waals surface area (Å²) in [6.45, 7) is 0.143. The van der Waals surface area contributed by atoms with E-state index in [1.807, 2.05) is 36.4 Å². The third kappa shape index (κ3) is 5.07. The Morgan fingerprint density at radius 1 is 0.958 bits per heavy atom. The van der Waals surface area contributed by atoms with Crippen molar-refractivity contribution in [3.8, 4) is 6.07 Å². The lowest BCUT2D eigenvalue weighted by Gasteiger charge is -2.09. The summed E-state index contributed by atoms with van der Waals surface area (Å²) in [7, 11) is 0. The molecule has 0 unspecified atom stereocenters. The summed E-state index contributed by atoms with van der Waals surface area (Å²) in [4.78, 5) is 23.5. The predicted octanol–water partition coefficient (Wildman–Crippen LogP) is 1.85. The van der Waals surface area contributed by atoms with Crippen LogP contribution < -0.4 is 10.7 Å². The van der Waals surface area contributed by atoms with Crippen LogP contribution in [0.1, 0.15) is 22.3 Å². The van der Waals surface area contributed by atoms with Crippen LogP contribution in [0.25, 0.3) is 0 Å². The number of amides is 2. The third-order valence-corrected chi connectivity index (χ3v) is 3.11. The highest BCUT2D eigenvalue weighted by Gasteiger charge is 2.09. The number of nitrogens with one attached hydrogen (secondary N) is 2. The van der Waals surface area contributed by atoms with Gasteiger partial charge in [0, 0.05) is 5.56 Å². The van der Waals surface area contributed by atoms with Crippen LogP contribution in [0.3, 0.4) is 0 Å². The second-order valence-corrected chi connectivity index (χ2v) is 4.84. The highest BCUT2D eigenvalue weighted by Crippen LogP contribution is 2.02. The van der Waals surface area contributed by atoms with Crippen LogP contribution in [0.5, 0.6) is 0 Å². The molecule has 0 saturated carbocycles. The number of rotatable bonds is 6. The zero-order valence-electron chi connectivity index (χ0n) is 12.9. The van der Waals surface area contributed by atoms with Gasteiger partial charge in [-0.25, -0.2) is 5.43 Å². The molecule has 0 aliphatic carbocycles. The van der Waals surface area contributed by atoms with Crippen molar-refractivity contribution < 1.29 is 9.59 Å². The zero-order chi connectivity index (χ0) is 17.2. The fourth-order valence-corrected chi connectivity index (χ4v) is 1.93. The Hall–Kier alpha value is -3.46. The highest BCUT2D eigenvalue weighted by molar-refractivity contribution is 6.05. The summed E-state index contributed by atoms with van der Waals surface area (Å²) >= 11 is 0. The summed E-state index contributed by atoms with van der Waals surface area (Å²) in [6.07, 6.45) is -0.276. The van der Waals surface area contributed by atoms with E-state index < -0.39 is 5.91 Å². The van der Waals surface area contributed by atoms with Gasteiger partial charge in [0.05, 0.1) is 18.3 Å². The average molecular weight is 320 g/mol. The lowest BCUT2D eigenvalue weighted by atomic mass is 10.1. The molecule has 2 rings (SSSR count). The predicted molar refractivity (Wildman–Crippen MR) is 90.1 cm³/mol. The summed E-state index contributed by atoms with van der Waals surface area (Å²) in [5, 5.41) is 15.3. The van der Waals surface area contributed by atoms with Crippen molar-refractivity contribution in [1.29, 1.82) is 5.26 Å². The van der Waals surface area contributed by atoms with Gasteiger partial charge in [-0.3, -0.25) is 9.59 Å². The van der Waals surface area contributed by atoms with Crippen molar-refractivity contribution in [3.05, 3.63) is 71.8 Å². The Bertz CT molecular complexity index is 765. The first kappa shape index (κ1) is 16.9. The quantitative estimate of drug-likeness (QED) is 0.628. The molecule has 24 heavy (non-hydrogen) atoms. The van der Waals surface area contributed by atoms with Crippen LogP contribution in [0, 0.1) is 11.3 Å². The summed E-state index contributed by atoms with van der Waals surface area (Å²) in [5.41, 5.74) is 4.12. The first-order valence-corrected chi connectivity index (χ1v) is 7.31. The summed E-state index contributed by atoms with van der Waals surface area (Å²) in [6, 6.07) is 19.7. The fourth-order valence-electron chi connectivity index (χ4n) is 1.93. The Balaban J connectivity index is 2.09. The maximum atomic E-state index is 12.1. The molecule has 0 spiro atoms. The molecule has 0 bridgehead atoms. The number of nitriles is 1. The Morgan fingerprint density at radius 3 is 2.12 bits per heavy atom. The van der Waals surface area contributed by atoms with E-state index in [-0.39, 0.29) is 18.9 Å². The van der Waals surface area contributed by atoms with E-state index in [4.69, 9.17) is 5.26 Å². The van der Waals surface area contributed by atoms with Crippen molar-refractivity contribution >= 4 is 17.5 Å². The van der Waals surface area contributed by atoms with Gasteiger partial charge in [0.15, 0.2) is 0 Å². The van der Waals surface area contributed by atoms with Gasteiger partial charge in [-0.1, -0.05) is 48.5 Å². The largest absolute Gasteiger partial charge is 0.346 e. The molecule has 0 saturated heterocycles. The summed E-state index contributed by atoms with van der Waals surface area (Å²) in [5.74, 6) is -0.733. The van der Waals surface area contributed by atoms with E-state index in [1.165, 1.54) is 0 Å². The fraction of sp³-hybridized carbons (Fsp3) is 0.111. The molecule has 2 amide bonds. The van der Waals surface area contributed by atoms with Gasteiger partial charge < -0.3 is 5.32 Å². The highest BCUT2D eigenvalue weighted by atomic mass is 16.2. The molecule has 6 nitrogen and oxygen atoms in total. The van der Waals surface area contributed by atoms with Crippen molar-refractivity contribution in [2.75, 3.05) is 6.54 Å². The first-order valence-electron chi connectivity index (χ1n) is 7.31. The van der Waals surface area contributed by atoms with Gasteiger partial charge in [0.2, 0.25) is 0 Å². The van der Waals surface area contributed by atoms with Gasteiger partial charge in [-0.2, -0.15) is 10.4 Å². The van der Waals surface area contributed by atoms with Gasteiger partial charge in [-0.15, -0.1) is 0 Å². The van der Waals surface area contributed by atoms with Gasteiger partial charge in [0.25, 0.3) is 11.8 Å². The minimum atomic E-state index is -0.500. The molecule has 0 aliphatic heterocycles. The van der Waals surface area contributed by atoms with E-state index in [9.17, 15) is 9.59 Å². The van der Waals surface area contributed by atoms with Gasteiger partial charge >= 0.3 is 0 Å². The summed E-state index contributed by atoms with van der Waals surface area (Å²) < 4.78 is 0. The molecule has 120 valence electrons. The molecule has 0 radical (unpaired) electrons. The number of hydrazone groups is 1. The molecule has 2 aromatic rings. The molecular weight excluding hydrogens is 304 g/mol. The molecule has 2 aromatic carbocycles. The molecule has 2 N–H and O–H groups in total. The van der Waals surface area contributed by atoms with Gasteiger partial charge in [0.1, 0.15) is 6.42 Å². The van der Waals surface area contributed by atoms with E-state index >= 15 is 0 Å². The van der Waals surface area contributed by atoms with Crippen molar-refractivity contribution in [2.24, 2.45) is 5.10 Å². The van der Waals surface area contributed by atoms with Crippen molar-refractivity contribution in [1.82, 2.24) is 10.7 Å². The van der Waals surface area contributed by atoms with E-state index in [2.05, 4.69) is 15.8 Å². The number of nitrogens with zero attached hydrogens (tertiary/aromatic N) is 2. The molecule has 0 fully saturated rings. The van der Waals surface area contributed by atoms with E-state index in [1.54, 1.807) is 30.3 Å². The second kappa shape index (κ2) is 8.86. The molecule has 0 heterocycles. The Kier molecular flexibility index (Phi) is 6.24. The van der Waals surface area contributed by atoms with Crippen LogP contribution >= 0.6 is 0 Å². The van der Waals surface area contributed by atoms with Crippen LogP contribution in [-0.4, -0.2) is 24.1 Å². The average Bonchev–Trinajstić information content (AvgIpc) is 2.63. The van der Waals surface area contributed by atoms with Crippen LogP contribution in [0.4, 0.5) is 0 Å². The molecule has 6 heteroatoms. The first-order chi connectivity index (χ1) is 11.7. The van der Waals surface area contributed by atoms with Gasteiger partial charge in [-0.05, 0) is 17.7 Å². The third-order valence-electron chi connectivity index (χ3n) is 3.11. The van der Waals surface area contributed by atoms with Crippen LogP contribution in [-0.2, 0) is 4.79 Å². The topological polar surface area (TPSA) is 94.3 Å². The Morgan fingerprint density at radius 2 is 1.54 bits per heavy atom. The van der Waals surface area contributed by atoms with Crippen molar-refractivity contribution in [2.45, 2.75) is 6.42 Å². The smallest absolute Gasteiger partial charge is 0.254 e. The molecule has 0 atom stereocenters. The molecule has 0 aromatic heterocycles. The number of hydrogen-bond donors (Lipinski definition) is 2. The van der Waals surface area contributed by atoms with E-state index in [0.717, 1.165) is 5.56 Å². The van der Waals surface area contributed by atoms with E-state index in [0.29, 0.717) is 11.3 Å². The number of hydrogen-bond acceptors (Lipinski definition) is 4. The standard InChI is InChI=1S/C18H16N4O2/c19-12-11-17(23)22-21-16(14-7-3-1-4-8-14)13-20-18(24)15-9-5-2-6-10-15/h1-10H,11,13H2,(H,20,24)(H,22,23)/b21-16-.